The number of rotatable bonds is 4. The molecular weight excluding hydrogens is 248 g/mol. The molecule has 2 unspecified atom stereocenters. The zero-order chi connectivity index (χ0) is 13.0. The van der Waals surface area contributed by atoms with E-state index in [9.17, 15) is 13.6 Å². The predicted octanol–water partition coefficient (Wildman–Crippen LogP) is 3.10. The Morgan fingerprint density at radius 3 is 2.29 bits per heavy atom. The highest BCUT2D eigenvalue weighted by atomic mass is 35.5. The van der Waals surface area contributed by atoms with Crippen LogP contribution in [0.2, 0.25) is 0 Å². The summed E-state index contributed by atoms with van der Waals surface area (Å²) in [6, 6.07) is 2.56. The van der Waals surface area contributed by atoms with E-state index in [-0.39, 0.29) is 17.0 Å². The standard InChI is InChI=1S/C12H14ClF2NO/c1-7(13)3-8(2)16-12(17)9-4-10(14)6-11(15)5-9/h4-8H,3H2,1-2H3,(H,16,17). The maximum Gasteiger partial charge on any atom is 0.251 e. The summed E-state index contributed by atoms with van der Waals surface area (Å²) in [5.74, 6) is -2.05. The molecule has 1 N–H and O–H groups in total. The summed E-state index contributed by atoms with van der Waals surface area (Å²) in [6.45, 7) is 3.60. The molecule has 2 atom stereocenters. The van der Waals surface area contributed by atoms with Crippen LogP contribution in [0.15, 0.2) is 18.2 Å². The second-order valence-electron chi connectivity index (χ2n) is 4.05. The lowest BCUT2D eigenvalue weighted by molar-refractivity contribution is 0.0937. The first-order chi connectivity index (χ1) is 7.88. The molecule has 1 amide bonds. The topological polar surface area (TPSA) is 29.1 Å². The van der Waals surface area contributed by atoms with E-state index in [0.717, 1.165) is 18.2 Å². The van der Waals surface area contributed by atoms with Crippen LogP contribution in [-0.2, 0) is 0 Å². The van der Waals surface area contributed by atoms with Crippen LogP contribution >= 0.6 is 11.6 Å². The van der Waals surface area contributed by atoms with E-state index in [2.05, 4.69) is 5.32 Å². The van der Waals surface area contributed by atoms with E-state index < -0.39 is 17.5 Å². The molecule has 0 radical (unpaired) electrons. The summed E-state index contributed by atoms with van der Waals surface area (Å²) in [4.78, 5) is 11.7. The van der Waals surface area contributed by atoms with Gasteiger partial charge in [0.2, 0.25) is 0 Å². The minimum absolute atomic E-state index is 0.0309. The summed E-state index contributed by atoms with van der Waals surface area (Å²) >= 11 is 5.78. The van der Waals surface area contributed by atoms with Gasteiger partial charge in [-0.05, 0) is 32.4 Å². The number of benzene rings is 1. The van der Waals surface area contributed by atoms with Crippen LogP contribution in [0, 0.1) is 11.6 Å². The Bertz CT molecular complexity index is 389. The van der Waals surface area contributed by atoms with Gasteiger partial charge in [-0.3, -0.25) is 4.79 Å². The number of hydrogen-bond donors (Lipinski definition) is 1. The fourth-order valence-corrected chi connectivity index (χ4v) is 1.81. The van der Waals surface area contributed by atoms with E-state index in [1.807, 2.05) is 6.92 Å². The number of amides is 1. The molecule has 5 heteroatoms. The van der Waals surface area contributed by atoms with Gasteiger partial charge in [-0.15, -0.1) is 11.6 Å². The molecule has 0 saturated heterocycles. The van der Waals surface area contributed by atoms with Crippen molar-refractivity contribution in [3.05, 3.63) is 35.4 Å². The summed E-state index contributed by atoms with van der Waals surface area (Å²) in [7, 11) is 0. The Morgan fingerprint density at radius 1 is 1.29 bits per heavy atom. The molecule has 0 fully saturated rings. The van der Waals surface area contributed by atoms with Gasteiger partial charge in [0.05, 0.1) is 0 Å². The van der Waals surface area contributed by atoms with Crippen molar-refractivity contribution in [2.45, 2.75) is 31.7 Å². The van der Waals surface area contributed by atoms with Crippen molar-refractivity contribution in [1.82, 2.24) is 5.32 Å². The Balaban J connectivity index is 2.69. The summed E-state index contributed by atoms with van der Waals surface area (Å²) in [5, 5.41) is 2.55. The molecule has 17 heavy (non-hydrogen) atoms. The van der Waals surface area contributed by atoms with Crippen LogP contribution in [0.5, 0.6) is 0 Å². The van der Waals surface area contributed by atoms with Gasteiger partial charge >= 0.3 is 0 Å². The lowest BCUT2D eigenvalue weighted by Crippen LogP contribution is -2.34. The van der Waals surface area contributed by atoms with Crippen LogP contribution in [0.3, 0.4) is 0 Å². The first kappa shape index (κ1) is 13.9. The molecule has 1 rings (SSSR count). The third-order valence-corrected chi connectivity index (χ3v) is 2.36. The first-order valence-corrected chi connectivity index (χ1v) is 5.73. The normalized spacial score (nSPS) is 14.2. The maximum atomic E-state index is 12.9. The summed E-state index contributed by atoms with van der Waals surface area (Å²) < 4.78 is 25.8. The van der Waals surface area contributed by atoms with Gasteiger partial charge in [0.1, 0.15) is 11.6 Å². The number of hydrogen-bond acceptors (Lipinski definition) is 1. The maximum absolute atomic E-state index is 12.9. The van der Waals surface area contributed by atoms with Crippen LogP contribution in [-0.4, -0.2) is 17.3 Å². The lowest BCUT2D eigenvalue weighted by Gasteiger charge is -2.15. The van der Waals surface area contributed by atoms with Crippen molar-refractivity contribution in [2.24, 2.45) is 0 Å². The highest BCUT2D eigenvalue weighted by Crippen LogP contribution is 2.09. The molecule has 2 nitrogen and oxygen atoms in total. The molecule has 94 valence electrons. The van der Waals surface area contributed by atoms with E-state index in [4.69, 9.17) is 11.6 Å². The quantitative estimate of drug-likeness (QED) is 0.829. The Morgan fingerprint density at radius 2 is 1.82 bits per heavy atom. The molecule has 0 aromatic heterocycles. The van der Waals surface area contributed by atoms with Gasteiger partial charge in [0, 0.05) is 23.0 Å². The van der Waals surface area contributed by atoms with Crippen molar-refractivity contribution >= 4 is 17.5 Å². The average Bonchev–Trinajstić information content (AvgIpc) is 2.14. The fraction of sp³-hybridized carbons (Fsp3) is 0.417. The summed E-state index contributed by atoms with van der Waals surface area (Å²) in [6.07, 6.45) is 0.588. The largest absolute Gasteiger partial charge is 0.350 e. The molecule has 1 aromatic rings. The second-order valence-corrected chi connectivity index (χ2v) is 4.79. The van der Waals surface area contributed by atoms with Crippen LogP contribution in [0.1, 0.15) is 30.6 Å². The molecule has 0 saturated carbocycles. The van der Waals surface area contributed by atoms with Crippen LogP contribution in [0.25, 0.3) is 0 Å². The monoisotopic (exact) mass is 261 g/mol. The van der Waals surface area contributed by atoms with Crippen molar-refractivity contribution < 1.29 is 13.6 Å². The van der Waals surface area contributed by atoms with Gasteiger partial charge in [-0.2, -0.15) is 0 Å². The van der Waals surface area contributed by atoms with Gasteiger partial charge in [-0.25, -0.2) is 8.78 Å². The lowest BCUT2D eigenvalue weighted by atomic mass is 10.1. The Kier molecular flexibility index (Phi) is 4.87. The van der Waals surface area contributed by atoms with E-state index in [1.54, 1.807) is 6.92 Å². The third-order valence-electron chi connectivity index (χ3n) is 2.18. The fourth-order valence-electron chi connectivity index (χ4n) is 1.54. The minimum atomic E-state index is -0.770. The second kappa shape index (κ2) is 5.96. The minimum Gasteiger partial charge on any atom is -0.350 e. The number of alkyl halides is 1. The molecule has 0 aliphatic rings. The van der Waals surface area contributed by atoms with E-state index in [1.165, 1.54) is 0 Å². The molecule has 0 heterocycles. The Hall–Kier alpha value is -1.16. The molecule has 0 bridgehead atoms. The number of carbonyl (C=O) groups is 1. The van der Waals surface area contributed by atoms with Gasteiger partial charge in [-0.1, -0.05) is 0 Å². The number of nitrogens with one attached hydrogen (secondary N) is 1. The highest BCUT2D eigenvalue weighted by Gasteiger charge is 2.13. The average molecular weight is 262 g/mol. The summed E-state index contributed by atoms with van der Waals surface area (Å²) in [5.41, 5.74) is -0.0309. The van der Waals surface area contributed by atoms with Gasteiger partial charge in [0.25, 0.3) is 5.91 Å². The van der Waals surface area contributed by atoms with Crippen molar-refractivity contribution in [3.8, 4) is 0 Å². The molecular formula is C12H14ClF2NO. The van der Waals surface area contributed by atoms with Crippen molar-refractivity contribution in [1.29, 1.82) is 0 Å². The third kappa shape index (κ3) is 4.69. The molecule has 1 aromatic carbocycles. The van der Waals surface area contributed by atoms with Crippen molar-refractivity contribution in [3.63, 3.8) is 0 Å². The smallest absolute Gasteiger partial charge is 0.251 e. The van der Waals surface area contributed by atoms with Gasteiger partial charge in [0.15, 0.2) is 0 Å². The predicted molar refractivity (Wildman–Crippen MR) is 63.2 cm³/mol. The number of halogens is 3. The first-order valence-electron chi connectivity index (χ1n) is 5.29. The molecule has 0 spiro atoms. The highest BCUT2D eigenvalue weighted by molar-refractivity contribution is 6.20. The zero-order valence-electron chi connectivity index (χ0n) is 9.64. The zero-order valence-corrected chi connectivity index (χ0v) is 10.4. The van der Waals surface area contributed by atoms with E-state index >= 15 is 0 Å². The molecule has 0 aliphatic heterocycles. The van der Waals surface area contributed by atoms with Crippen LogP contribution in [0.4, 0.5) is 8.78 Å². The van der Waals surface area contributed by atoms with Crippen molar-refractivity contribution in [2.75, 3.05) is 0 Å². The van der Waals surface area contributed by atoms with Gasteiger partial charge < -0.3 is 5.32 Å². The number of carbonyl (C=O) groups excluding carboxylic acids is 1. The van der Waals surface area contributed by atoms with E-state index in [0.29, 0.717) is 6.42 Å². The Labute approximate surface area is 104 Å². The SMILES string of the molecule is CC(Cl)CC(C)NC(=O)c1cc(F)cc(F)c1. The molecule has 0 aliphatic carbocycles. The van der Waals surface area contributed by atoms with Crippen LogP contribution < -0.4 is 5.32 Å².